The molecule has 14 heavy (non-hydrogen) atoms. The molecule has 0 bridgehead atoms. The third-order valence-corrected chi connectivity index (χ3v) is 2.84. The number of carbonyl (C=O) groups is 1. The van der Waals surface area contributed by atoms with Crippen molar-refractivity contribution in [2.75, 3.05) is 26.8 Å². The van der Waals surface area contributed by atoms with Crippen molar-refractivity contribution < 1.29 is 14.3 Å². The Kier molecular flexibility index (Phi) is 3.75. The first-order valence-corrected chi connectivity index (χ1v) is 5.08. The zero-order valence-corrected chi connectivity index (χ0v) is 9.21. The van der Waals surface area contributed by atoms with Gasteiger partial charge in [0.25, 0.3) is 0 Å². The van der Waals surface area contributed by atoms with Gasteiger partial charge in [0, 0.05) is 20.2 Å². The summed E-state index contributed by atoms with van der Waals surface area (Å²) in [7, 11) is 1.72. The van der Waals surface area contributed by atoms with E-state index in [9.17, 15) is 4.79 Å². The molecule has 1 rings (SSSR count). The Balaban J connectivity index is 2.39. The minimum absolute atomic E-state index is 0.0665. The molecule has 1 aliphatic heterocycles. The van der Waals surface area contributed by atoms with E-state index in [1.165, 1.54) is 0 Å². The van der Waals surface area contributed by atoms with Gasteiger partial charge in [-0.2, -0.15) is 0 Å². The largest absolute Gasteiger partial charge is 0.450 e. The van der Waals surface area contributed by atoms with Gasteiger partial charge in [0.1, 0.15) is 0 Å². The summed E-state index contributed by atoms with van der Waals surface area (Å²) in [6.45, 7) is 5.79. The molecular weight excluding hydrogens is 182 g/mol. The molecule has 0 aromatic heterocycles. The zero-order chi connectivity index (χ0) is 10.6. The van der Waals surface area contributed by atoms with Crippen LogP contribution >= 0.6 is 0 Å². The van der Waals surface area contributed by atoms with Gasteiger partial charge >= 0.3 is 6.09 Å². The van der Waals surface area contributed by atoms with Crippen LogP contribution in [0.5, 0.6) is 0 Å². The van der Waals surface area contributed by atoms with E-state index in [-0.39, 0.29) is 11.7 Å². The van der Waals surface area contributed by atoms with Crippen molar-refractivity contribution in [3.05, 3.63) is 0 Å². The van der Waals surface area contributed by atoms with E-state index >= 15 is 0 Å². The summed E-state index contributed by atoms with van der Waals surface area (Å²) in [5.74, 6) is 0. The fourth-order valence-electron chi connectivity index (χ4n) is 1.58. The highest BCUT2D eigenvalue weighted by Gasteiger charge is 2.31. The van der Waals surface area contributed by atoms with E-state index in [1.807, 2.05) is 6.92 Å². The van der Waals surface area contributed by atoms with E-state index in [0.29, 0.717) is 6.61 Å². The van der Waals surface area contributed by atoms with E-state index < -0.39 is 0 Å². The molecule has 0 aliphatic carbocycles. The molecule has 0 aromatic rings. The van der Waals surface area contributed by atoms with Gasteiger partial charge in [-0.25, -0.2) is 4.79 Å². The highest BCUT2D eigenvalue weighted by molar-refractivity contribution is 5.67. The molecule has 0 saturated carbocycles. The van der Waals surface area contributed by atoms with Crippen LogP contribution in [-0.4, -0.2) is 43.4 Å². The average molecular weight is 201 g/mol. The van der Waals surface area contributed by atoms with Crippen molar-refractivity contribution in [2.24, 2.45) is 0 Å². The molecule has 4 nitrogen and oxygen atoms in total. The van der Waals surface area contributed by atoms with Gasteiger partial charge in [-0.3, -0.25) is 0 Å². The van der Waals surface area contributed by atoms with Crippen LogP contribution in [0.3, 0.4) is 0 Å². The van der Waals surface area contributed by atoms with Gasteiger partial charge in [0.15, 0.2) is 0 Å². The van der Waals surface area contributed by atoms with Crippen molar-refractivity contribution >= 4 is 6.09 Å². The number of hydrogen-bond acceptors (Lipinski definition) is 3. The standard InChI is InChI=1S/C10H19NO3/c1-4-14-9(12)11-7-5-10(2,13-3)6-8-11/h4-8H2,1-3H3. The van der Waals surface area contributed by atoms with Crippen molar-refractivity contribution in [3.63, 3.8) is 0 Å². The molecule has 1 aliphatic rings. The molecule has 1 heterocycles. The van der Waals surface area contributed by atoms with Gasteiger partial charge in [0.05, 0.1) is 12.2 Å². The molecule has 0 radical (unpaired) electrons. The van der Waals surface area contributed by atoms with E-state index in [2.05, 4.69) is 6.92 Å². The fourth-order valence-corrected chi connectivity index (χ4v) is 1.58. The lowest BCUT2D eigenvalue weighted by Gasteiger charge is -2.37. The molecule has 4 heteroatoms. The monoisotopic (exact) mass is 201 g/mol. The summed E-state index contributed by atoms with van der Waals surface area (Å²) in [4.78, 5) is 13.1. The van der Waals surface area contributed by atoms with Crippen LogP contribution in [0.25, 0.3) is 0 Å². The Labute approximate surface area is 85.2 Å². The highest BCUT2D eigenvalue weighted by atomic mass is 16.6. The molecule has 0 spiro atoms. The molecular formula is C10H19NO3. The van der Waals surface area contributed by atoms with Gasteiger partial charge < -0.3 is 14.4 Å². The van der Waals surface area contributed by atoms with Gasteiger partial charge in [-0.1, -0.05) is 0 Å². The topological polar surface area (TPSA) is 38.8 Å². The second-order valence-electron chi connectivity index (χ2n) is 3.84. The Morgan fingerprint density at radius 2 is 2.00 bits per heavy atom. The Morgan fingerprint density at radius 3 is 2.43 bits per heavy atom. The second-order valence-corrected chi connectivity index (χ2v) is 3.84. The fraction of sp³-hybridized carbons (Fsp3) is 0.900. The van der Waals surface area contributed by atoms with Crippen LogP contribution in [0.1, 0.15) is 26.7 Å². The summed E-state index contributed by atoms with van der Waals surface area (Å²) in [6, 6.07) is 0. The summed E-state index contributed by atoms with van der Waals surface area (Å²) < 4.78 is 10.3. The smallest absolute Gasteiger partial charge is 0.409 e. The molecule has 1 saturated heterocycles. The molecule has 1 amide bonds. The lowest BCUT2D eigenvalue weighted by atomic mass is 9.94. The lowest BCUT2D eigenvalue weighted by Crippen LogP contribution is -2.46. The van der Waals surface area contributed by atoms with Gasteiger partial charge in [-0.05, 0) is 26.7 Å². The Bertz CT molecular complexity index is 198. The number of nitrogens with zero attached hydrogens (tertiary/aromatic N) is 1. The Hall–Kier alpha value is -0.770. The summed E-state index contributed by atoms with van der Waals surface area (Å²) in [5, 5.41) is 0. The maximum atomic E-state index is 11.4. The SMILES string of the molecule is CCOC(=O)N1CCC(C)(OC)CC1. The first kappa shape index (κ1) is 11.3. The number of likely N-dealkylation sites (tertiary alicyclic amines) is 1. The minimum atomic E-state index is -0.203. The normalized spacial score (nSPS) is 20.6. The average Bonchev–Trinajstić information content (AvgIpc) is 2.19. The van der Waals surface area contributed by atoms with Crippen molar-refractivity contribution in [1.29, 1.82) is 0 Å². The number of amides is 1. The predicted molar refractivity (Wildman–Crippen MR) is 53.2 cm³/mol. The van der Waals surface area contributed by atoms with Crippen LogP contribution in [0.4, 0.5) is 4.79 Å². The van der Waals surface area contributed by atoms with Gasteiger partial charge in [0.2, 0.25) is 0 Å². The quantitative estimate of drug-likeness (QED) is 0.681. The number of methoxy groups -OCH3 is 1. The van der Waals surface area contributed by atoms with Crippen molar-refractivity contribution in [3.8, 4) is 0 Å². The molecule has 0 N–H and O–H groups in total. The van der Waals surface area contributed by atoms with Crippen LogP contribution < -0.4 is 0 Å². The number of ether oxygens (including phenoxy) is 2. The molecule has 0 aromatic carbocycles. The first-order valence-electron chi connectivity index (χ1n) is 5.08. The number of carbonyl (C=O) groups excluding carboxylic acids is 1. The Morgan fingerprint density at radius 1 is 1.43 bits per heavy atom. The first-order chi connectivity index (χ1) is 6.61. The van der Waals surface area contributed by atoms with Crippen LogP contribution in [0, 0.1) is 0 Å². The zero-order valence-electron chi connectivity index (χ0n) is 9.21. The molecule has 1 fully saturated rings. The highest BCUT2D eigenvalue weighted by Crippen LogP contribution is 2.24. The van der Waals surface area contributed by atoms with Crippen LogP contribution in [0.2, 0.25) is 0 Å². The predicted octanol–water partition coefficient (Wildman–Crippen LogP) is 1.64. The van der Waals surface area contributed by atoms with Crippen LogP contribution in [-0.2, 0) is 9.47 Å². The molecule has 0 unspecified atom stereocenters. The van der Waals surface area contributed by atoms with Gasteiger partial charge in [-0.15, -0.1) is 0 Å². The second kappa shape index (κ2) is 4.64. The number of hydrogen-bond donors (Lipinski definition) is 0. The van der Waals surface area contributed by atoms with E-state index in [4.69, 9.17) is 9.47 Å². The van der Waals surface area contributed by atoms with E-state index in [0.717, 1.165) is 25.9 Å². The van der Waals surface area contributed by atoms with Crippen LogP contribution in [0.15, 0.2) is 0 Å². The summed E-state index contributed by atoms with van der Waals surface area (Å²) in [5.41, 5.74) is -0.0665. The summed E-state index contributed by atoms with van der Waals surface area (Å²) in [6.07, 6.45) is 1.55. The molecule has 0 atom stereocenters. The maximum Gasteiger partial charge on any atom is 0.409 e. The summed E-state index contributed by atoms with van der Waals surface area (Å²) >= 11 is 0. The van der Waals surface area contributed by atoms with Crippen molar-refractivity contribution in [2.45, 2.75) is 32.3 Å². The third-order valence-electron chi connectivity index (χ3n) is 2.84. The lowest BCUT2D eigenvalue weighted by molar-refractivity contribution is -0.0406. The third kappa shape index (κ3) is 2.61. The number of piperidine rings is 1. The van der Waals surface area contributed by atoms with Crippen molar-refractivity contribution in [1.82, 2.24) is 4.90 Å². The maximum absolute atomic E-state index is 11.4. The number of rotatable bonds is 2. The molecule has 82 valence electrons. The minimum Gasteiger partial charge on any atom is -0.450 e. The van der Waals surface area contributed by atoms with E-state index in [1.54, 1.807) is 12.0 Å².